The van der Waals surface area contributed by atoms with Crippen LogP contribution >= 0.6 is 0 Å². The van der Waals surface area contributed by atoms with Crippen molar-refractivity contribution in [1.29, 1.82) is 0 Å². The predicted octanol–water partition coefficient (Wildman–Crippen LogP) is 4.85. The number of aryl methyl sites for hydroxylation is 2. The highest BCUT2D eigenvalue weighted by Gasteiger charge is 2.29. The molecule has 0 N–H and O–H groups in total. The van der Waals surface area contributed by atoms with Crippen molar-refractivity contribution >= 4 is 23.2 Å². The number of benzene rings is 3. The smallest absolute Gasteiger partial charge is 0.254 e. The normalized spacial score (nSPS) is 16.1. The monoisotopic (exact) mass is 510 g/mol. The maximum atomic E-state index is 13.6. The minimum Gasteiger partial charge on any atom is -0.368 e. The fraction of sp³-hybridized carbons (Fsp3) is 0.375. The van der Waals surface area contributed by atoms with Gasteiger partial charge in [-0.15, -0.1) is 0 Å². The Morgan fingerprint density at radius 3 is 1.24 bits per heavy atom. The molecule has 0 bridgehead atoms. The number of hydrogen-bond donors (Lipinski definition) is 0. The summed E-state index contributed by atoms with van der Waals surface area (Å²) in [5.74, 6) is -0.104. The average Bonchev–Trinajstić information content (AvgIpc) is 2.95. The summed E-state index contributed by atoms with van der Waals surface area (Å²) < 4.78 is 0. The van der Waals surface area contributed by atoms with Crippen LogP contribution in [0.25, 0.3) is 0 Å². The van der Waals surface area contributed by atoms with Crippen LogP contribution in [-0.2, 0) is 0 Å². The fourth-order valence-electron chi connectivity index (χ4n) is 5.65. The summed E-state index contributed by atoms with van der Waals surface area (Å²) >= 11 is 0. The predicted molar refractivity (Wildman–Crippen MR) is 155 cm³/mol. The van der Waals surface area contributed by atoms with Crippen LogP contribution in [0.4, 0.5) is 11.4 Å². The molecule has 2 aliphatic heterocycles. The van der Waals surface area contributed by atoms with Gasteiger partial charge in [0, 0.05) is 63.7 Å². The Labute approximate surface area is 226 Å². The first kappa shape index (κ1) is 25.8. The van der Waals surface area contributed by atoms with Gasteiger partial charge in [0.05, 0.1) is 11.1 Å². The van der Waals surface area contributed by atoms with E-state index in [0.29, 0.717) is 37.3 Å². The molecule has 38 heavy (non-hydrogen) atoms. The maximum Gasteiger partial charge on any atom is 0.254 e. The molecule has 6 nitrogen and oxygen atoms in total. The number of nitrogens with zero attached hydrogens (tertiary/aromatic N) is 4. The van der Waals surface area contributed by atoms with Crippen molar-refractivity contribution < 1.29 is 9.59 Å². The molecule has 0 unspecified atom stereocenters. The Kier molecular flexibility index (Phi) is 7.41. The highest BCUT2D eigenvalue weighted by Crippen LogP contribution is 2.26. The van der Waals surface area contributed by atoms with Gasteiger partial charge in [0.2, 0.25) is 0 Å². The molecular formula is C32H38N4O2. The highest BCUT2D eigenvalue weighted by atomic mass is 16.2. The largest absolute Gasteiger partial charge is 0.368 e. The van der Waals surface area contributed by atoms with Gasteiger partial charge in [0.1, 0.15) is 0 Å². The Balaban J connectivity index is 1.25. The van der Waals surface area contributed by atoms with Gasteiger partial charge in [-0.1, -0.05) is 36.4 Å². The first-order valence-electron chi connectivity index (χ1n) is 13.6. The zero-order valence-electron chi connectivity index (χ0n) is 23.0. The third kappa shape index (κ3) is 5.00. The molecule has 198 valence electrons. The van der Waals surface area contributed by atoms with Gasteiger partial charge in [0.25, 0.3) is 11.8 Å². The number of anilines is 2. The average molecular weight is 511 g/mol. The Bertz CT molecular complexity index is 1230. The number of hydrogen-bond acceptors (Lipinski definition) is 4. The number of piperazine rings is 2. The van der Waals surface area contributed by atoms with Crippen LogP contribution in [-0.4, -0.2) is 74.0 Å². The third-order valence-corrected chi connectivity index (χ3v) is 8.36. The van der Waals surface area contributed by atoms with Crippen LogP contribution in [0.5, 0.6) is 0 Å². The van der Waals surface area contributed by atoms with Gasteiger partial charge in [-0.05, 0) is 74.2 Å². The van der Waals surface area contributed by atoms with Crippen molar-refractivity contribution in [1.82, 2.24) is 9.80 Å². The molecule has 0 aromatic heterocycles. The van der Waals surface area contributed by atoms with Crippen molar-refractivity contribution in [2.45, 2.75) is 27.7 Å². The van der Waals surface area contributed by atoms with Crippen LogP contribution in [0.15, 0.2) is 60.7 Å². The van der Waals surface area contributed by atoms with Crippen molar-refractivity contribution in [3.63, 3.8) is 0 Å². The fourth-order valence-corrected chi connectivity index (χ4v) is 5.65. The molecule has 5 rings (SSSR count). The Morgan fingerprint density at radius 2 is 0.868 bits per heavy atom. The van der Waals surface area contributed by atoms with Gasteiger partial charge >= 0.3 is 0 Å². The minimum atomic E-state index is -0.0522. The van der Waals surface area contributed by atoms with E-state index in [-0.39, 0.29) is 11.8 Å². The summed E-state index contributed by atoms with van der Waals surface area (Å²) in [5, 5.41) is 0. The number of carbonyl (C=O) groups excluding carboxylic acids is 2. The van der Waals surface area contributed by atoms with Crippen LogP contribution in [0, 0.1) is 27.7 Å². The van der Waals surface area contributed by atoms with E-state index in [0.717, 1.165) is 26.2 Å². The van der Waals surface area contributed by atoms with Crippen LogP contribution in [0.2, 0.25) is 0 Å². The lowest BCUT2D eigenvalue weighted by atomic mass is 10.0. The lowest BCUT2D eigenvalue weighted by Crippen LogP contribution is -2.50. The topological polar surface area (TPSA) is 47.1 Å². The van der Waals surface area contributed by atoms with Gasteiger partial charge in [0.15, 0.2) is 0 Å². The van der Waals surface area contributed by atoms with Crippen LogP contribution in [0.1, 0.15) is 43.0 Å². The second kappa shape index (κ2) is 10.9. The summed E-state index contributed by atoms with van der Waals surface area (Å²) in [4.78, 5) is 35.7. The van der Waals surface area contributed by atoms with Crippen molar-refractivity contribution in [3.8, 4) is 0 Å². The zero-order valence-corrected chi connectivity index (χ0v) is 23.0. The van der Waals surface area contributed by atoms with Gasteiger partial charge < -0.3 is 19.6 Å². The second-order valence-corrected chi connectivity index (χ2v) is 10.5. The Morgan fingerprint density at radius 1 is 0.500 bits per heavy atom. The highest BCUT2D eigenvalue weighted by molar-refractivity contribution is 6.07. The molecule has 3 aromatic carbocycles. The lowest BCUT2D eigenvalue weighted by molar-refractivity contribution is 0.0707. The molecule has 2 saturated heterocycles. The molecule has 0 aliphatic carbocycles. The third-order valence-electron chi connectivity index (χ3n) is 8.36. The molecule has 2 heterocycles. The molecule has 2 fully saturated rings. The molecule has 2 amide bonds. The quantitative estimate of drug-likeness (QED) is 0.504. The standard InChI is InChI=1S/C32H38N4O2/c1-23-9-7-13-29(25(23)3)33-15-19-35(20-16-33)31(37)27-11-5-6-12-28(27)32(38)36-21-17-34(18-22-36)30-14-8-10-24(2)26(30)4/h5-14H,15-22H2,1-4H3. The van der Waals surface area contributed by atoms with Crippen molar-refractivity contribution in [2.24, 2.45) is 0 Å². The van der Waals surface area contributed by atoms with E-state index < -0.39 is 0 Å². The first-order valence-corrected chi connectivity index (χ1v) is 13.6. The van der Waals surface area contributed by atoms with Crippen LogP contribution in [0.3, 0.4) is 0 Å². The van der Waals surface area contributed by atoms with Gasteiger partial charge in [-0.25, -0.2) is 0 Å². The second-order valence-electron chi connectivity index (χ2n) is 10.5. The van der Waals surface area contributed by atoms with E-state index in [2.05, 4.69) is 73.9 Å². The zero-order chi connectivity index (χ0) is 26.8. The molecule has 6 heteroatoms. The summed E-state index contributed by atoms with van der Waals surface area (Å²) in [5.41, 5.74) is 8.65. The molecule has 2 aliphatic rings. The Hall–Kier alpha value is -3.80. The van der Waals surface area contributed by atoms with Crippen molar-refractivity contribution in [3.05, 3.63) is 94.0 Å². The lowest BCUT2D eigenvalue weighted by Gasteiger charge is -2.38. The van der Waals surface area contributed by atoms with Gasteiger partial charge in [-0.3, -0.25) is 9.59 Å². The first-order chi connectivity index (χ1) is 18.3. The molecule has 0 radical (unpaired) electrons. The molecule has 0 spiro atoms. The van der Waals surface area contributed by atoms with E-state index >= 15 is 0 Å². The van der Waals surface area contributed by atoms with E-state index in [4.69, 9.17) is 0 Å². The van der Waals surface area contributed by atoms with Crippen LogP contribution < -0.4 is 9.80 Å². The van der Waals surface area contributed by atoms with E-state index in [1.54, 1.807) is 12.1 Å². The van der Waals surface area contributed by atoms with E-state index in [1.807, 2.05) is 21.9 Å². The molecule has 3 aromatic rings. The molecule has 0 atom stereocenters. The minimum absolute atomic E-state index is 0.0522. The maximum absolute atomic E-state index is 13.6. The SMILES string of the molecule is Cc1cccc(N2CCN(C(=O)c3ccccc3C(=O)N3CCN(c4cccc(C)c4C)CC3)CC2)c1C. The number of amides is 2. The molecular weight excluding hydrogens is 472 g/mol. The van der Waals surface area contributed by atoms with Crippen molar-refractivity contribution in [2.75, 3.05) is 62.2 Å². The van der Waals surface area contributed by atoms with Gasteiger partial charge in [-0.2, -0.15) is 0 Å². The van der Waals surface area contributed by atoms with E-state index in [9.17, 15) is 9.59 Å². The van der Waals surface area contributed by atoms with E-state index in [1.165, 1.54) is 33.6 Å². The summed E-state index contributed by atoms with van der Waals surface area (Å²) in [6.07, 6.45) is 0. The number of rotatable bonds is 4. The molecule has 0 saturated carbocycles. The number of carbonyl (C=O) groups is 2. The summed E-state index contributed by atoms with van der Waals surface area (Å²) in [7, 11) is 0. The summed E-state index contributed by atoms with van der Waals surface area (Å²) in [6, 6.07) is 20.1. The summed E-state index contributed by atoms with van der Waals surface area (Å²) in [6.45, 7) is 14.3.